The molecular formula is C31H37NO10. The number of fused-ring (bicyclic) bond motifs is 2. The van der Waals surface area contributed by atoms with Crippen molar-refractivity contribution in [2.24, 2.45) is 5.92 Å². The first kappa shape index (κ1) is 32.1. The lowest BCUT2D eigenvalue weighted by atomic mass is 10.0. The van der Waals surface area contributed by atoms with Crippen molar-refractivity contribution in [2.45, 2.75) is 86.0 Å². The first-order chi connectivity index (χ1) is 19.4. The fourth-order valence-corrected chi connectivity index (χ4v) is 3.91. The topological polar surface area (TPSA) is 147 Å². The molecule has 0 radical (unpaired) electrons. The second-order valence-electron chi connectivity index (χ2n) is 12.0. The SMILES string of the molecule is CC(=O)c1cc2c(OC(=O)[C@H](C)NC(=O)OC(C)(C)C)c3ccccc3c(OC(=O)[C@H](C)CC(=O)OC(C)(C)C)c2o1. The molecule has 0 aliphatic rings. The molecule has 11 nitrogen and oxygen atoms in total. The maximum Gasteiger partial charge on any atom is 0.408 e. The highest BCUT2D eigenvalue weighted by atomic mass is 16.6. The van der Waals surface area contributed by atoms with Gasteiger partial charge in [-0.15, -0.1) is 0 Å². The summed E-state index contributed by atoms with van der Waals surface area (Å²) >= 11 is 0. The Kier molecular flexibility index (Phi) is 9.34. The third kappa shape index (κ3) is 8.08. The molecule has 0 spiro atoms. The van der Waals surface area contributed by atoms with E-state index in [2.05, 4.69) is 5.32 Å². The van der Waals surface area contributed by atoms with Gasteiger partial charge < -0.3 is 28.7 Å². The van der Waals surface area contributed by atoms with Crippen LogP contribution in [-0.2, 0) is 23.9 Å². The highest BCUT2D eigenvalue weighted by Gasteiger charge is 2.29. The number of hydrogen-bond acceptors (Lipinski definition) is 10. The minimum atomic E-state index is -1.10. The van der Waals surface area contributed by atoms with E-state index in [1.807, 2.05) is 0 Å². The van der Waals surface area contributed by atoms with Crippen LogP contribution in [0.25, 0.3) is 21.7 Å². The van der Waals surface area contributed by atoms with Crippen LogP contribution in [0.1, 0.15) is 79.3 Å². The van der Waals surface area contributed by atoms with E-state index in [0.29, 0.717) is 10.8 Å². The maximum absolute atomic E-state index is 13.1. The summed E-state index contributed by atoms with van der Waals surface area (Å²) < 4.78 is 27.8. The van der Waals surface area contributed by atoms with Crippen LogP contribution in [0, 0.1) is 5.92 Å². The molecule has 0 saturated carbocycles. The number of benzene rings is 2. The molecular weight excluding hydrogens is 546 g/mol. The Labute approximate surface area is 243 Å². The number of nitrogens with one attached hydrogen (secondary N) is 1. The molecule has 42 heavy (non-hydrogen) atoms. The normalized spacial score (nSPS) is 13.3. The van der Waals surface area contributed by atoms with Crippen molar-refractivity contribution in [1.29, 1.82) is 0 Å². The van der Waals surface area contributed by atoms with Gasteiger partial charge in [-0.1, -0.05) is 31.2 Å². The van der Waals surface area contributed by atoms with Gasteiger partial charge in [0.1, 0.15) is 23.0 Å². The number of esters is 3. The number of ether oxygens (including phenoxy) is 4. The Morgan fingerprint density at radius 2 is 1.36 bits per heavy atom. The number of carbonyl (C=O) groups is 5. The van der Waals surface area contributed by atoms with Crippen molar-refractivity contribution >= 4 is 51.5 Å². The van der Waals surface area contributed by atoms with Gasteiger partial charge in [-0.25, -0.2) is 9.59 Å². The van der Waals surface area contributed by atoms with Crippen molar-refractivity contribution in [3.8, 4) is 11.5 Å². The second-order valence-corrected chi connectivity index (χ2v) is 12.0. The van der Waals surface area contributed by atoms with Crippen molar-refractivity contribution in [3.05, 3.63) is 36.1 Å². The van der Waals surface area contributed by atoms with Crippen LogP contribution in [0.5, 0.6) is 11.5 Å². The van der Waals surface area contributed by atoms with Crippen LogP contribution in [0.4, 0.5) is 4.79 Å². The molecule has 11 heteroatoms. The van der Waals surface area contributed by atoms with E-state index in [4.69, 9.17) is 23.4 Å². The third-order valence-corrected chi connectivity index (χ3v) is 5.73. The lowest BCUT2D eigenvalue weighted by molar-refractivity contribution is -0.158. The number of amides is 1. The van der Waals surface area contributed by atoms with Gasteiger partial charge in [0.2, 0.25) is 0 Å². The molecule has 3 aromatic rings. The van der Waals surface area contributed by atoms with Gasteiger partial charge in [0.25, 0.3) is 0 Å². The molecule has 0 bridgehead atoms. The monoisotopic (exact) mass is 583 g/mol. The zero-order valence-corrected chi connectivity index (χ0v) is 25.3. The van der Waals surface area contributed by atoms with Crippen LogP contribution < -0.4 is 14.8 Å². The molecule has 1 heterocycles. The molecule has 0 fully saturated rings. The fourth-order valence-electron chi connectivity index (χ4n) is 3.91. The van der Waals surface area contributed by atoms with Gasteiger partial charge in [-0.3, -0.25) is 14.4 Å². The number of Topliss-reactive ketones (excluding diaryl/α,β-unsaturated/α-hetero) is 1. The van der Waals surface area contributed by atoms with Crippen molar-refractivity contribution < 1.29 is 47.3 Å². The number of alkyl carbamates (subject to hydrolysis) is 1. The summed E-state index contributed by atoms with van der Waals surface area (Å²) in [5.41, 5.74) is -1.49. The van der Waals surface area contributed by atoms with Crippen molar-refractivity contribution in [2.75, 3.05) is 0 Å². The molecule has 0 saturated heterocycles. The Bertz CT molecular complexity index is 1430. The number of carbonyl (C=O) groups excluding carboxylic acids is 5. The summed E-state index contributed by atoms with van der Waals surface area (Å²) in [7, 11) is 0. The zero-order valence-electron chi connectivity index (χ0n) is 25.3. The van der Waals surface area contributed by atoms with Gasteiger partial charge in [-0.05, 0) is 54.5 Å². The first-order valence-corrected chi connectivity index (χ1v) is 13.5. The molecule has 0 aliphatic heterocycles. The van der Waals surface area contributed by atoms with E-state index in [1.165, 1.54) is 26.8 Å². The van der Waals surface area contributed by atoms with Crippen LogP contribution in [-0.4, -0.2) is 47.0 Å². The maximum atomic E-state index is 13.1. The predicted octanol–water partition coefficient (Wildman–Crippen LogP) is 5.88. The molecule has 1 N–H and O–H groups in total. The molecule has 1 amide bonds. The highest BCUT2D eigenvalue weighted by molar-refractivity contribution is 6.13. The summed E-state index contributed by atoms with van der Waals surface area (Å²) in [5, 5.41) is 3.35. The van der Waals surface area contributed by atoms with Gasteiger partial charge in [0.05, 0.1) is 17.7 Å². The zero-order chi connectivity index (χ0) is 31.6. The van der Waals surface area contributed by atoms with Crippen LogP contribution in [0.2, 0.25) is 0 Å². The Morgan fingerprint density at radius 1 is 0.810 bits per heavy atom. The molecule has 226 valence electrons. The molecule has 1 aromatic heterocycles. The quantitative estimate of drug-likeness (QED) is 0.194. The van der Waals surface area contributed by atoms with E-state index < -0.39 is 52.9 Å². The van der Waals surface area contributed by atoms with E-state index >= 15 is 0 Å². The average molecular weight is 584 g/mol. The summed E-state index contributed by atoms with van der Waals surface area (Å²) in [5.74, 6) is -3.40. The molecule has 2 aromatic carbocycles. The highest BCUT2D eigenvalue weighted by Crippen LogP contribution is 2.44. The lowest BCUT2D eigenvalue weighted by Gasteiger charge is -2.22. The van der Waals surface area contributed by atoms with E-state index in [-0.39, 0.29) is 34.6 Å². The van der Waals surface area contributed by atoms with Gasteiger partial charge >= 0.3 is 24.0 Å². The van der Waals surface area contributed by atoms with Gasteiger partial charge in [-0.2, -0.15) is 0 Å². The van der Waals surface area contributed by atoms with Crippen molar-refractivity contribution in [3.63, 3.8) is 0 Å². The summed E-state index contributed by atoms with van der Waals surface area (Å²) in [6, 6.07) is 6.94. The third-order valence-electron chi connectivity index (χ3n) is 5.73. The lowest BCUT2D eigenvalue weighted by Crippen LogP contribution is -2.43. The summed E-state index contributed by atoms with van der Waals surface area (Å²) in [6.45, 7) is 14.5. The number of rotatable bonds is 8. The first-order valence-electron chi connectivity index (χ1n) is 13.5. The van der Waals surface area contributed by atoms with Crippen LogP contribution in [0.15, 0.2) is 34.7 Å². The largest absolute Gasteiger partial charge is 0.460 e. The Balaban J connectivity index is 2.01. The smallest absolute Gasteiger partial charge is 0.408 e. The van der Waals surface area contributed by atoms with E-state index in [9.17, 15) is 24.0 Å². The molecule has 0 unspecified atom stereocenters. The standard InChI is InChI=1S/C31H37NO10/c1-16(14-23(34)41-30(4,5)6)27(35)40-25-20-13-11-10-12-19(20)24(21-15-22(18(3)33)38-26(21)25)39-28(36)17(2)32-29(37)42-31(7,8)9/h10-13,15-17H,14H2,1-9H3,(H,32,37)/t16-,17+/m1/s1. The molecule has 0 aliphatic carbocycles. The summed E-state index contributed by atoms with van der Waals surface area (Å²) in [6.07, 6.45) is -1.02. The van der Waals surface area contributed by atoms with E-state index in [0.717, 1.165) is 0 Å². The van der Waals surface area contributed by atoms with E-state index in [1.54, 1.807) is 65.8 Å². The molecule has 2 atom stereocenters. The fraction of sp³-hybridized carbons (Fsp3) is 0.452. The molecule has 3 rings (SSSR count). The Hall–Kier alpha value is -4.41. The Morgan fingerprint density at radius 3 is 1.90 bits per heavy atom. The van der Waals surface area contributed by atoms with Gasteiger partial charge in [0.15, 0.2) is 22.9 Å². The minimum absolute atomic E-state index is 0.00568. The second kappa shape index (κ2) is 12.2. The van der Waals surface area contributed by atoms with Crippen molar-refractivity contribution in [1.82, 2.24) is 5.32 Å². The number of ketones is 1. The summed E-state index contributed by atoms with van der Waals surface area (Å²) in [4.78, 5) is 62.9. The van der Waals surface area contributed by atoms with Gasteiger partial charge in [0, 0.05) is 17.7 Å². The number of hydrogen-bond donors (Lipinski definition) is 1. The van der Waals surface area contributed by atoms with Crippen LogP contribution >= 0.6 is 0 Å². The number of furan rings is 1. The predicted molar refractivity (Wildman–Crippen MR) is 153 cm³/mol. The minimum Gasteiger partial charge on any atom is -0.460 e. The van der Waals surface area contributed by atoms with Crippen LogP contribution in [0.3, 0.4) is 0 Å². The average Bonchev–Trinajstić information content (AvgIpc) is 3.29.